The molecule has 2 rings (SSSR count). The molecular formula is C12H12N2OS2. The molecule has 88 valence electrons. The first-order valence-electron chi connectivity index (χ1n) is 4.91. The third-order valence-electron chi connectivity index (χ3n) is 2.23. The van der Waals surface area contributed by atoms with E-state index in [1.165, 1.54) is 0 Å². The van der Waals surface area contributed by atoms with Crippen LogP contribution in [0.1, 0.15) is 0 Å². The summed E-state index contributed by atoms with van der Waals surface area (Å²) in [6, 6.07) is 10.6. The predicted octanol–water partition coefficient (Wildman–Crippen LogP) is 3.22. The van der Waals surface area contributed by atoms with Crippen molar-refractivity contribution in [1.82, 2.24) is 0 Å². The zero-order chi connectivity index (χ0) is 12.4. The Morgan fingerprint density at radius 1 is 0.765 bits per heavy atom. The van der Waals surface area contributed by atoms with Gasteiger partial charge < -0.3 is 16.2 Å². The first kappa shape index (κ1) is 12.0. The van der Waals surface area contributed by atoms with Crippen molar-refractivity contribution in [3.63, 3.8) is 0 Å². The number of hydrogen-bond donors (Lipinski definition) is 4. The Hall–Kier alpha value is -1.46. The molecule has 17 heavy (non-hydrogen) atoms. The fourth-order valence-electron chi connectivity index (χ4n) is 1.33. The molecule has 2 aromatic rings. The molecule has 0 fully saturated rings. The molecule has 3 nitrogen and oxygen atoms in total. The summed E-state index contributed by atoms with van der Waals surface area (Å²) in [6.07, 6.45) is 0. The fourth-order valence-corrected chi connectivity index (χ4v) is 1.61. The van der Waals surface area contributed by atoms with Crippen LogP contribution in [0.15, 0.2) is 46.2 Å². The zero-order valence-corrected chi connectivity index (χ0v) is 10.7. The maximum Gasteiger partial charge on any atom is 0.129 e. The van der Waals surface area contributed by atoms with Crippen LogP contribution in [0.3, 0.4) is 0 Å². The van der Waals surface area contributed by atoms with Crippen LogP contribution in [0.25, 0.3) is 0 Å². The van der Waals surface area contributed by atoms with Crippen molar-refractivity contribution in [3.05, 3.63) is 36.4 Å². The Balaban J connectivity index is 2.25. The summed E-state index contributed by atoms with van der Waals surface area (Å²) >= 11 is 8.38. The van der Waals surface area contributed by atoms with Gasteiger partial charge >= 0.3 is 0 Å². The second-order valence-corrected chi connectivity index (χ2v) is 4.51. The van der Waals surface area contributed by atoms with E-state index in [1.54, 1.807) is 36.4 Å². The number of nitrogen functional groups attached to an aromatic ring is 2. The molecule has 5 heteroatoms. The molecule has 0 saturated carbocycles. The first-order valence-corrected chi connectivity index (χ1v) is 5.80. The Morgan fingerprint density at radius 3 is 1.53 bits per heavy atom. The van der Waals surface area contributed by atoms with Gasteiger partial charge in [0.2, 0.25) is 0 Å². The number of anilines is 2. The van der Waals surface area contributed by atoms with Gasteiger partial charge in [-0.2, -0.15) is 0 Å². The van der Waals surface area contributed by atoms with Gasteiger partial charge in [-0.05, 0) is 24.3 Å². The maximum atomic E-state index is 5.73. The largest absolute Gasteiger partial charge is 0.457 e. The molecule has 0 unspecified atom stereocenters. The molecular weight excluding hydrogens is 252 g/mol. The summed E-state index contributed by atoms with van der Waals surface area (Å²) in [5.41, 5.74) is 12.6. The van der Waals surface area contributed by atoms with E-state index in [0.717, 1.165) is 9.79 Å². The van der Waals surface area contributed by atoms with E-state index in [0.29, 0.717) is 22.9 Å². The smallest absolute Gasteiger partial charge is 0.129 e. The van der Waals surface area contributed by atoms with Crippen molar-refractivity contribution in [3.8, 4) is 11.5 Å². The van der Waals surface area contributed by atoms with Gasteiger partial charge in [-0.15, -0.1) is 25.3 Å². The van der Waals surface area contributed by atoms with Gasteiger partial charge in [0.25, 0.3) is 0 Å². The lowest BCUT2D eigenvalue weighted by atomic mass is 10.3. The molecule has 0 atom stereocenters. The van der Waals surface area contributed by atoms with Crippen LogP contribution < -0.4 is 16.2 Å². The van der Waals surface area contributed by atoms with Crippen LogP contribution in [0.4, 0.5) is 11.4 Å². The van der Waals surface area contributed by atoms with Gasteiger partial charge in [0.05, 0.1) is 0 Å². The van der Waals surface area contributed by atoms with Crippen molar-refractivity contribution in [2.75, 3.05) is 11.5 Å². The summed E-state index contributed by atoms with van der Waals surface area (Å²) in [6.45, 7) is 0. The lowest BCUT2D eigenvalue weighted by molar-refractivity contribution is 0.482. The zero-order valence-electron chi connectivity index (χ0n) is 8.92. The summed E-state index contributed by atoms with van der Waals surface area (Å²) in [5, 5.41) is 0. The van der Waals surface area contributed by atoms with Crippen LogP contribution >= 0.6 is 25.3 Å². The van der Waals surface area contributed by atoms with E-state index in [1.807, 2.05) is 0 Å². The second kappa shape index (κ2) is 4.81. The average molecular weight is 264 g/mol. The highest BCUT2D eigenvalue weighted by atomic mass is 32.1. The molecule has 0 spiro atoms. The minimum absolute atomic E-state index is 0.574. The van der Waals surface area contributed by atoms with Gasteiger partial charge in [0.1, 0.15) is 11.5 Å². The van der Waals surface area contributed by atoms with Crippen molar-refractivity contribution in [1.29, 1.82) is 0 Å². The topological polar surface area (TPSA) is 61.3 Å². The van der Waals surface area contributed by atoms with E-state index in [-0.39, 0.29) is 0 Å². The number of thiol groups is 2. The van der Waals surface area contributed by atoms with E-state index in [2.05, 4.69) is 25.3 Å². The highest BCUT2D eigenvalue weighted by Gasteiger charge is 2.02. The third-order valence-corrected chi connectivity index (χ3v) is 3.05. The molecule has 0 bridgehead atoms. The van der Waals surface area contributed by atoms with Crippen LogP contribution in [0.5, 0.6) is 11.5 Å². The third kappa shape index (κ3) is 2.81. The first-order chi connectivity index (χ1) is 8.06. The molecule has 0 amide bonds. The molecule has 0 aliphatic heterocycles. The average Bonchev–Trinajstić information content (AvgIpc) is 2.29. The Bertz CT molecular complexity index is 509. The number of rotatable bonds is 2. The summed E-state index contributed by atoms with van der Waals surface area (Å²) in [4.78, 5) is 1.45. The van der Waals surface area contributed by atoms with E-state index >= 15 is 0 Å². The highest BCUT2D eigenvalue weighted by Crippen LogP contribution is 2.29. The van der Waals surface area contributed by atoms with Crippen LogP contribution in [-0.2, 0) is 0 Å². The maximum absolute atomic E-state index is 5.73. The molecule has 0 aliphatic rings. The van der Waals surface area contributed by atoms with Gasteiger partial charge in [0.15, 0.2) is 0 Å². The van der Waals surface area contributed by atoms with Crippen LogP contribution in [-0.4, -0.2) is 0 Å². The van der Waals surface area contributed by atoms with Crippen molar-refractivity contribution < 1.29 is 4.74 Å². The molecule has 4 N–H and O–H groups in total. The molecule has 0 heterocycles. The monoisotopic (exact) mass is 264 g/mol. The van der Waals surface area contributed by atoms with Crippen LogP contribution in [0, 0.1) is 0 Å². The predicted molar refractivity (Wildman–Crippen MR) is 76.3 cm³/mol. The second-order valence-electron chi connectivity index (χ2n) is 3.54. The Morgan fingerprint density at radius 2 is 1.18 bits per heavy atom. The number of benzene rings is 2. The standard InChI is InChI=1S/C12H12N2OS2/c13-9-5-7(1-3-11(9)16)15-8-2-4-12(17)10(14)6-8/h1-6,16-17H,13-14H2. The summed E-state index contributed by atoms with van der Waals surface area (Å²) in [7, 11) is 0. The Kier molecular flexibility index (Phi) is 3.40. The summed E-state index contributed by atoms with van der Waals surface area (Å²) in [5.74, 6) is 1.29. The van der Waals surface area contributed by atoms with Crippen molar-refractivity contribution in [2.24, 2.45) is 0 Å². The normalized spacial score (nSPS) is 10.2. The quantitative estimate of drug-likeness (QED) is 0.497. The molecule has 0 aliphatic carbocycles. The lowest BCUT2D eigenvalue weighted by Gasteiger charge is -2.08. The van der Waals surface area contributed by atoms with E-state index in [9.17, 15) is 0 Å². The van der Waals surface area contributed by atoms with Gasteiger partial charge in [-0.25, -0.2) is 0 Å². The molecule has 2 aromatic carbocycles. The van der Waals surface area contributed by atoms with E-state index < -0.39 is 0 Å². The molecule has 0 aromatic heterocycles. The number of nitrogens with two attached hydrogens (primary N) is 2. The molecule has 0 radical (unpaired) electrons. The molecule has 0 saturated heterocycles. The van der Waals surface area contributed by atoms with Crippen molar-refractivity contribution in [2.45, 2.75) is 9.79 Å². The number of hydrogen-bond acceptors (Lipinski definition) is 5. The lowest BCUT2D eigenvalue weighted by Crippen LogP contribution is -1.91. The minimum Gasteiger partial charge on any atom is -0.457 e. The highest BCUT2D eigenvalue weighted by molar-refractivity contribution is 7.80. The van der Waals surface area contributed by atoms with Crippen molar-refractivity contribution >= 4 is 36.6 Å². The van der Waals surface area contributed by atoms with Gasteiger partial charge in [0, 0.05) is 33.3 Å². The fraction of sp³-hybridized carbons (Fsp3) is 0. The van der Waals surface area contributed by atoms with Crippen LogP contribution in [0.2, 0.25) is 0 Å². The number of ether oxygens (including phenoxy) is 1. The summed E-state index contributed by atoms with van der Waals surface area (Å²) < 4.78 is 5.62. The van der Waals surface area contributed by atoms with Gasteiger partial charge in [-0.1, -0.05) is 0 Å². The van der Waals surface area contributed by atoms with E-state index in [4.69, 9.17) is 16.2 Å². The minimum atomic E-state index is 0.574. The Labute approximate surface area is 111 Å². The SMILES string of the molecule is Nc1cc(Oc2ccc(S)c(N)c2)ccc1S. The van der Waals surface area contributed by atoms with Gasteiger partial charge in [-0.3, -0.25) is 0 Å².